The second-order valence-electron chi connectivity index (χ2n) is 10.3. The first-order valence-corrected chi connectivity index (χ1v) is 13.2. The van der Waals surface area contributed by atoms with Gasteiger partial charge in [-0.05, 0) is 39.3 Å². The van der Waals surface area contributed by atoms with Crippen LogP contribution >= 0.6 is 11.6 Å². The summed E-state index contributed by atoms with van der Waals surface area (Å²) in [5.41, 5.74) is 1.38. The highest BCUT2D eigenvalue weighted by molar-refractivity contribution is 6.32. The van der Waals surface area contributed by atoms with Gasteiger partial charge in [-0.2, -0.15) is 4.98 Å². The molecular formula is C26H35ClN8O. The molecule has 0 aromatic carbocycles. The van der Waals surface area contributed by atoms with Gasteiger partial charge in [-0.15, -0.1) is 0 Å². The number of aromatic nitrogens is 4. The Morgan fingerprint density at radius 2 is 2.06 bits per heavy atom. The van der Waals surface area contributed by atoms with Gasteiger partial charge in [-0.1, -0.05) is 24.6 Å². The minimum atomic E-state index is -0.507. The highest BCUT2D eigenvalue weighted by Crippen LogP contribution is 2.35. The number of hydrogen-bond acceptors (Lipinski definition) is 7. The number of nitrogens with zero attached hydrogens (tertiary/aromatic N) is 7. The number of piperazine rings is 1. The van der Waals surface area contributed by atoms with E-state index in [0.717, 1.165) is 37.4 Å². The van der Waals surface area contributed by atoms with E-state index in [1.807, 2.05) is 35.5 Å². The molecule has 0 bridgehead atoms. The maximum atomic E-state index is 13.8. The Morgan fingerprint density at radius 3 is 2.81 bits per heavy atom. The number of fused-ring (bicyclic) bond motifs is 1. The van der Waals surface area contributed by atoms with E-state index in [9.17, 15) is 4.79 Å². The van der Waals surface area contributed by atoms with Crippen LogP contribution < -0.4 is 15.1 Å². The summed E-state index contributed by atoms with van der Waals surface area (Å²) in [6, 6.07) is 6.26. The number of nitrogens with one attached hydrogen (secondary N) is 1. The third-order valence-corrected chi connectivity index (χ3v) is 7.70. The molecule has 5 rings (SSSR count). The van der Waals surface area contributed by atoms with Crippen molar-refractivity contribution in [2.45, 2.75) is 45.7 Å². The maximum Gasteiger partial charge on any atom is 0.230 e. The smallest absolute Gasteiger partial charge is 0.230 e. The van der Waals surface area contributed by atoms with E-state index in [-0.39, 0.29) is 11.8 Å². The fourth-order valence-electron chi connectivity index (χ4n) is 5.29. The van der Waals surface area contributed by atoms with Gasteiger partial charge in [0.25, 0.3) is 0 Å². The average Bonchev–Trinajstić information content (AvgIpc) is 3.28. The second-order valence-corrected chi connectivity index (χ2v) is 10.7. The van der Waals surface area contributed by atoms with Crippen molar-refractivity contribution in [1.82, 2.24) is 29.6 Å². The largest absolute Gasteiger partial charge is 0.353 e. The molecule has 0 spiro atoms. The van der Waals surface area contributed by atoms with Crippen LogP contribution in [-0.2, 0) is 10.3 Å². The standard InChI is InChI=1S/C26H35ClN8O/c1-5-10-35(26(3,4)21-15-29-22-8-6-7-11-34(21)22)24(36)19-16-32(17-19)23-20(27)14-30-25(31-23)33-12-9-28-13-18(33)2/h6-8,11,14-15,18-19,28H,5,9-10,12-13,16-17H2,1-4H3. The van der Waals surface area contributed by atoms with Gasteiger partial charge >= 0.3 is 0 Å². The van der Waals surface area contributed by atoms with Crippen molar-refractivity contribution in [3.05, 3.63) is 47.5 Å². The van der Waals surface area contributed by atoms with Crippen LogP contribution in [0.15, 0.2) is 36.8 Å². The summed E-state index contributed by atoms with van der Waals surface area (Å²) in [6.07, 6.45) is 6.46. The molecule has 1 amide bonds. The lowest BCUT2D eigenvalue weighted by atomic mass is 9.92. The van der Waals surface area contributed by atoms with Crippen LogP contribution in [0.4, 0.5) is 11.8 Å². The molecule has 1 atom stereocenters. The van der Waals surface area contributed by atoms with Crippen molar-refractivity contribution in [2.24, 2.45) is 5.92 Å². The fraction of sp³-hybridized carbons (Fsp3) is 0.538. The third-order valence-electron chi connectivity index (χ3n) is 7.43. The van der Waals surface area contributed by atoms with Crippen LogP contribution in [0.3, 0.4) is 0 Å². The maximum absolute atomic E-state index is 13.8. The van der Waals surface area contributed by atoms with Gasteiger partial charge in [0.1, 0.15) is 10.7 Å². The predicted octanol–water partition coefficient (Wildman–Crippen LogP) is 3.19. The summed E-state index contributed by atoms with van der Waals surface area (Å²) in [4.78, 5) is 34.0. The Bertz CT molecular complexity index is 1240. The molecule has 3 aromatic rings. The predicted molar refractivity (Wildman–Crippen MR) is 143 cm³/mol. The van der Waals surface area contributed by atoms with Gasteiger partial charge in [0.05, 0.1) is 29.5 Å². The Balaban J connectivity index is 1.33. The van der Waals surface area contributed by atoms with Crippen LogP contribution in [0, 0.1) is 5.92 Å². The quantitative estimate of drug-likeness (QED) is 0.522. The monoisotopic (exact) mass is 510 g/mol. The molecule has 10 heteroatoms. The van der Waals surface area contributed by atoms with E-state index in [4.69, 9.17) is 16.6 Å². The summed E-state index contributed by atoms with van der Waals surface area (Å²) in [6.45, 7) is 13.0. The molecule has 0 aliphatic carbocycles. The Hall–Kier alpha value is -2.91. The zero-order chi connectivity index (χ0) is 25.4. The molecule has 0 radical (unpaired) electrons. The molecule has 2 aliphatic heterocycles. The number of pyridine rings is 1. The van der Waals surface area contributed by atoms with E-state index < -0.39 is 5.54 Å². The molecule has 2 saturated heterocycles. The van der Waals surface area contributed by atoms with Crippen molar-refractivity contribution < 1.29 is 4.79 Å². The number of rotatable bonds is 7. The van der Waals surface area contributed by atoms with E-state index in [1.165, 1.54) is 0 Å². The van der Waals surface area contributed by atoms with Crippen LogP contribution in [0.5, 0.6) is 0 Å². The molecule has 5 heterocycles. The molecule has 36 heavy (non-hydrogen) atoms. The molecular weight excluding hydrogens is 476 g/mol. The highest BCUT2D eigenvalue weighted by atomic mass is 35.5. The summed E-state index contributed by atoms with van der Waals surface area (Å²) in [5, 5.41) is 3.91. The normalized spacial score (nSPS) is 19.0. The van der Waals surface area contributed by atoms with Gasteiger partial charge in [0.2, 0.25) is 11.9 Å². The lowest BCUT2D eigenvalue weighted by Gasteiger charge is -2.46. The second kappa shape index (κ2) is 9.86. The zero-order valence-corrected chi connectivity index (χ0v) is 22.2. The molecule has 3 aromatic heterocycles. The minimum Gasteiger partial charge on any atom is -0.353 e. The van der Waals surface area contributed by atoms with Crippen molar-refractivity contribution in [1.29, 1.82) is 0 Å². The third kappa shape index (κ3) is 4.39. The van der Waals surface area contributed by atoms with Gasteiger partial charge in [-0.25, -0.2) is 9.97 Å². The topological polar surface area (TPSA) is 81.9 Å². The number of anilines is 2. The highest BCUT2D eigenvalue weighted by Gasteiger charge is 2.42. The number of imidazole rings is 1. The lowest BCUT2D eigenvalue weighted by Crippen LogP contribution is -2.58. The number of carbonyl (C=O) groups excluding carboxylic acids is 1. The van der Waals surface area contributed by atoms with Crippen LogP contribution in [0.25, 0.3) is 5.65 Å². The number of carbonyl (C=O) groups is 1. The summed E-state index contributed by atoms with van der Waals surface area (Å²) >= 11 is 6.51. The fourth-order valence-corrected chi connectivity index (χ4v) is 5.50. The molecule has 9 nitrogen and oxygen atoms in total. The number of halogens is 1. The average molecular weight is 511 g/mol. The van der Waals surface area contributed by atoms with Crippen LogP contribution in [0.2, 0.25) is 5.02 Å². The number of hydrogen-bond donors (Lipinski definition) is 1. The van der Waals surface area contributed by atoms with Gasteiger partial charge in [-0.3, -0.25) is 4.79 Å². The summed E-state index contributed by atoms with van der Waals surface area (Å²) in [5.74, 6) is 1.45. The summed E-state index contributed by atoms with van der Waals surface area (Å²) < 4.78 is 2.07. The van der Waals surface area contributed by atoms with Gasteiger partial charge < -0.3 is 24.4 Å². The molecule has 1 N–H and O–H groups in total. The Labute approximate surface area is 217 Å². The molecule has 0 saturated carbocycles. The first-order chi connectivity index (χ1) is 17.3. The molecule has 192 valence electrons. The van der Waals surface area contributed by atoms with Crippen molar-refractivity contribution in [3.8, 4) is 0 Å². The minimum absolute atomic E-state index is 0.109. The number of amides is 1. The van der Waals surface area contributed by atoms with Crippen molar-refractivity contribution >= 4 is 34.9 Å². The Kier molecular flexibility index (Phi) is 6.78. The Morgan fingerprint density at radius 1 is 1.25 bits per heavy atom. The van der Waals surface area contributed by atoms with Gasteiger partial charge in [0, 0.05) is 51.5 Å². The van der Waals surface area contributed by atoms with E-state index in [2.05, 4.69) is 57.2 Å². The zero-order valence-electron chi connectivity index (χ0n) is 21.5. The van der Waals surface area contributed by atoms with Crippen LogP contribution in [0.1, 0.15) is 39.8 Å². The lowest BCUT2D eigenvalue weighted by molar-refractivity contribution is -0.142. The first kappa shape index (κ1) is 24.8. The van der Waals surface area contributed by atoms with Crippen molar-refractivity contribution in [2.75, 3.05) is 49.1 Å². The molecule has 1 unspecified atom stereocenters. The van der Waals surface area contributed by atoms with Crippen LogP contribution in [-0.4, -0.2) is 75.5 Å². The van der Waals surface area contributed by atoms with Gasteiger partial charge in [0.15, 0.2) is 5.82 Å². The molecule has 2 aliphatic rings. The molecule has 2 fully saturated rings. The van der Waals surface area contributed by atoms with E-state index in [1.54, 1.807) is 6.20 Å². The SMILES string of the molecule is CCCN(C(=O)C1CN(c2nc(N3CCNCC3C)ncc2Cl)C1)C(C)(C)c1cnc2ccccn12. The first-order valence-electron chi connectivity index (χ1n) is 12.8. The summed E-state index contributed by atoms with van der Waals surface area (Å²) in [7, 11) is 0. The van der Waals surface area contributed by atoms with Crippen molar-refractivity contribution in [3.63, 3.8) is 0 Å². The van der Waals surface area contributed by atoms with E-state index >= 15 is 0 Å². The van der Waals surface area contributed by atoms with E-state index in [0.29, 0.717) is 42.5 Å².